The summed E-state index contributed by atoms with van der Waals surface area (Å²) >= 11 is 0. The molecule has 236 valence electrons. The van der Waals surface area contributed by atoms with Crippen molar-refractivity contribution in [2.45, 2.75) is 64.7 Å². The normalized spacial score (nSPS) is 17.7. The number of para-hydroxylation sites is 1. The summed E-state index contributed by atoms with van der Waals surface area (Å²) in [5.74, 6) is 0. The van der Waals surface area contributed by atoms with E-state index < -0.39 is 0 Å². The maximum Gasteiger partial charge on any atom is 0.252 e. The molecule has 0 amide bonds. The molecule has 7 aromatic rings. The fourth-order valence-electron chi connectivity index (χ4n) is 10.1. The van der Waals surface area contributed by atoms with E-state index in [4.69, 9.17) is 0 Å². The zero-order valence-corrected chi connectivity index (χ0v) is 29.4. The van der Waals surface area contributed by atoms with E-state index in [-0.39, 0.29) is 23.0 Å². The van der Waals surface area contributed by atoms with E-state index in [1.54, 1.807) is 0 Å². The number of fused-ring (bicyclic) bond motifs is 13. The van der Waals surface area contributed by atoms with Crippen molar-refractivity contribution in [2.24, 2.45) is 0 Å². The number of benzene rings is 6. The van der Waals surface area contributed by atoms with E-state index in [1.807, 2.05) is 0 Å². The monoisotopic (exact) mass is 630 g/mol. The molecule has 1 atom stereocenters. The Balaban J connectivity index is 1.33. The summed E-state index contributed by atoms with van der Waals surface area (Å²) in [6.07, 6.45) is 0. The third-order valence-corrected chi connectivity index (χ3v) is 12.4. The second kappa shape index (κ2) is 8.58. The molecule has 3 heteroatoms. The van der Waals surface area contributed by atoms with Crippen molar-refractivity contribution in [3.8, 4) is 16.8 Å². The first-order chi connectivity index (χ1) is 23.5. The van der Waals surface area contributed by atoms with Crippen LogP contribution in [0.2, 0.25) is 0 Å². The lowest BCUT2D eigenvalue weighted by atomic mass is 9.33. The summed E-state index contributed by atoms with van der Waals surface area (Å²) in [4.78, 5) is 2.63. The second-order valence-electron chi connectivity index (χ2n) is 17.1. The summed E-state index contributed by atoms with van der Waals surface area (Å²) < 4.78 is 2.60. The molecule has 0 radical (unpaired) electrons. The molecule has 0 bridgehead atoms. The molecule has 0 spiro atoms. The molecular formula is C46H39BN2. The molecule has 11 rings (SSSR count). The van der Waals surface area contributed by atoms with Crippen LogP contribution in [0, 0.1) is 0 Å². The fourth-order valence-corrected chi connectivity index (χ4v) is 10.1. The van der Waals surface area contributed by atoms with Crippen molar-refractivity contribution in [3.05, 3.63) is 137 Å². The van der Waals surface area contributed by atoms with Gasteiger partial charge in [-0.05, 0) is 109 Å². The molecule has 0 saturated heterocycles. The van der Waals surface area contributed by atoms with Crippen LogP contribution in [0.25, 0.3) is 38.6 Å². The van der Waals surface area contributed by atoms with Crippen LogP contribution in [-0.2, 0) is 16.2 Å². The lowest BCUT2D eigenvalue weighted by molar-refractivity contribution is 0.590. The largest absolute Gasteiger partial charge is 0.311 e. The molecule has 2 nitrogen and oxygen atoms in total. The molecule has 1 aliphatic carbocycles. The Morgan fingerprint density at radius 2 is 1.27 bits per heavy atom. The van der Waals surface area contributed by atoms with E-state index in [9.17, 15) is 0 Å². The van der Waals surface area contributed by atoms with Gasteiger partial charge in [-0.15, -0.1) is 0 Å². The molecule has 0 fully saturated rings. The lowest BCUT2D eigenvalue weighted by Crippen LogP contribution is -2.61. The molecule has 4 aliphatic rings. The van der Waals surface area contributed by atoms with E-state index in [0.29, 0.717) is 0 Å². The highest BCUT2D eigenvalue weighted by atomic mass is 15.2. The minimum atomic E-state index is -0.227. The molecule has 0 unspecified atom stereocenters. The van der Waals surface area contributed by atoms with Crippen LogP contribution >= 0.6 is 0 Å². The molecular weight excluding hydrogens is 591 g/mol. The maximum atomic E-state index is 2.63. The first-order valence-corrected chi connectivity index (χ1v) is 17.9. The summed E-state index contributed by atoms with van der Waals surface area (Å²) in [7, 11) is 0. The zero-order chi connectivity index (χ0) is 33.4. The molecule has 0 saturated carbocycles. The van der Waals surface area contributed by atoms with Gasteiger partial charge in [0.25, 0.3) is 6.71 Å². The average molecular weight is 631 g/mol. The Kier molecular flexibility index (Phi) is 4.88. The Hall–Kier alpha value is -5.02. The Labute approximate surface area is 289 Å². The van der Waals surface area contributed by atoms with Gasteiger partial charge in [0.1, 0.15) is 0 Å². The van der Waals surface area contributed by atoms with E-state index in [0.717, 1.165) is 0 Å². The predicted molar refractivity (Wildman–Crippen MR) is 209 cm³/mol. The van der Waals surface area contributed by atoms with E-state index >= 15 is 0 Å². The zero-order valence-electron chi connectivity index (χ0n) is 29.4. The summed E-state index contributed by atoms with van der Waals surface area (Å²) in [5.41, 5.74) is 21.9. The van der Waals surface area contributed by atoms with Crippen LogP contribution in [0.5, 0.6) is 0 Å². The van der Waals surface area contributed by atoms with Gasteiger partial charge in [0.2, 0.25) is 0 Å². The van der Waals surface area contributed by atoms with Gasteiger partial charge in [-0.2, -0.15) is 0 Å². The predicted octanol–water partition coefficient (Wildman–Crippen LogP) is 9.64. The summed E-state index contributed by atoms with van der Waals surface area (Å²) in [6.45, 7) is 16.7. The number of anilines is 3. The van der Waals surface area contributed by atoms with E-state index in [2.05, 4.69) is 167 Å². The lowest BCUT2D eigenvalue weighted by Gasteiger charge is -2.48. The SMILES string of the molecule is CC(C)(C)c1ccc2c(c1)c1cc(C(C)(C)C)cc3c1n2-c1cccc2c1B3c1ccc3c4c1N2c1ccccc1[C@@]4(C)c1ccccc1-3. The van der Waals surface area contributed by atoms with Crippen molar-refractivity contribution in [3.63, 3.8) is 0 Å². The van der Waals surface area contributed by atoms with E-state index in [1.165, 1.54) is 99.9 Å². The highest BCUT2D eigenvalue weighted by Crippen LogP contribution is 2.62. The highest BCUT2D eigenvalue weighted by molar-refractivity contribution is 7.00. The molecule has 3 aliphatic heterocycles. The van der Waals surface area contributed by atoms with Gasteiger partial charge in [-0.1, -0.05) is 114 Å². The van der Waals surface area contributed by atoms with Gasteiger partial charge >= 0.3 is 0 Å². The number of nitrogens with zero attached hydrogens (tertiary/aromatic N) is 2. The van der Waals surface area contributed by atoms with Crippen LogP contribution < -0.4 is 21.3 Å². The number of aromatic nitrogens is 1. The van der Waals surface area contributed by atoms with Crippen molar-refractivity contribution >= 4 is 62.0 Å². The summed E-state index contributed by atoms with van der Waals surface area (Å²) in [6, 6.07) is 42.6. The van der Waals surface area contributed by atoms with Crippen molar-refractivity contribution in [1.29, 1.82) is 0 Å². The standard InChI is InChI=1S/C46H39BN2/c1-44(2,3)26-19-22-36-30(23-26)31-24-27(45(4,5)6)25-35-42(31)48(36)38-17-12-18-39-41(38)47(35)34-21-20-29-28-13-8-9-14-32(28)46(7)33-15-10-11-16-37(33)49(39)43(34)40(29)46/h8-25H,1-7H3/t46-/m1/s1. The first-order valence-electron chi connectivity index (χ1n) is 17.9. The van der Waals surface area contributed by atoms with Crippen molar-refractivity contribution in [2.75, 3.05) is 4.90 Å². The Bertz CT molecular complexity index is 2660. The van der Waals surface area contributed by atoms with Crippen LogP contribution in [0.4, 0.5) is 17.1 Å². The van der Waals surface area contributed by atoms with Crippen molar-refractivity contribution < 1.29 is 0 Å². The van der Waals surface area contributed by atoms with Crippen molar-refractivity contribution in [1.82, 2.24) is 4.57 Å². The first kappa shape index (κ1) is 27.9. The van der Waals surface area contributed by atoms with Gasteiger partial charge in [-0.25, -0.2) is 0 Å². The Morgan fingerprint density at radius 3 is 2.06 bits per heavy atom. The fraction of sp³-hybridized carbons (Fsp3) is 0.217. The molecule has 6 aromatic carbocycles. The molecule has 1 aromatic heterocycles. The number of hydrogen-bond donors (Lipinski definition) is 0. The average Bonchev–Trinajstić information content (AvgIpc) is 3.56. The second-order valence-corrected chi connectivity index (χ2v) is 17.1. The third-order valence-electron chi connectivity index (χ3n) is 12.4. The van der Waals surface area contributed by atoms with Crippen LogP contribution in [-0.4, -0.2) is 11.3 Å². The minimum absolute atomic E-state index is 0.00655. The van der Waals surface area contributed by atoms with Crippen LogP contribution in [0.1, 0.15) is 76.3 Å². The topological polar surface area (TPSA) is 8.17 Å². The Morgan fingerprint density at radius 1 is 0.571 bits per heavy atom. The van der Waals surface area contributed by atoms with Gasteiger partial charge in [-0.3, -0.25) is 0 Å². The van der Waals surface area contributed by atoms with Gasteiger partial charge in [0, 0.05) is 38.8 Å². The third kappa shape index (κ3) is 3.17. The summed E-state index contributed by atoms with van der Waals surface area (Å²) in [5, 5.41) is 2.73. The number of hydrogen-bond acceptors (Lipinski definition) is 1. The van der Waals surface area contributed by atoms with Gasteiger partial charge < -0.3 is 9.47 Å². The highest BCUT2D eigenvalue weighted by Gasteiger charge is 2.53. The quantitative estimate of drug-likeness (QED) is 0.152. The van der Waals surface area contributed by atoms with Crippen LogP contribution in [0.3, 0.4) is 0 Å². The minimum Gasteiger partial charge on any atom is -0.311 e. The maximum absolute atomic E-state index is 2.63. The number of rotatable bonds is 0. The van der Waals surface area contributed by atoms with Crippen LogP contribution in [0.15, 0.2) is 109 Å². The molecule has 4 heterocycles. The smallest absolute Gasteiger partial charge is 0.252 e. The van der Waals surface area contributed by atoms with Gasteiger partial charge in [0.15, 0.2) is 0 Å². The molecule has 0 N–H and O–H groups in total. The molecule has 49 heavy (non-hydrogen) atoms. The van der Waals surface area contributed by atoms with Gasteiger partial charge in [0.05, 0.1) is 11.2 Å².